The van der Waals surface area contributed by atoms with E-state index in [1.165, 1.54) is 37.7 Å². The van der Waals surface area contributed by atoms with Crippen LogP contribution in [0.4, 0.5) is 5.82 Å². The Morgan fingerprint density at radius 3 is 2.56 bits per heavy atom. The van der Waals surface area contributed by atoms with Crippen LogP contribution in [0.5, 0.6) is 5.75 Å². The molecule has 4 nitrogen and oxygen atoms in total. The molecule has 0 unspecified atom stereocenters. The molecule has 1 aromatic carbocycles. The molecule has 130 valence electrons. The zero-order valence-electron chi connectivity index (χ0n) is 15.0. The van der Waals surface area contributed by atoms with Gasteiger partial charge in [0.1, 0.15) is 22.9 Å². The molecule has 0 saturated heterocycles. The summed E-state index contributed by atoms with van der Waals surface area (Å²) in [4.78, 5) is 4.96. The maximum atomic E-state index is 5.29. The first-order valence-corrected chi connectivity index (χ1v) is 9.15. The zero-order valence-corrected chi connectivity index (χ0v) is 15.0. The van der Waals surface area contributed by atoms with Gasteiger partial charge in [0, 0.05) is 17.8 Å². The van der Waals surface area contributed by atoms with Crippen molar-refractivity contribution in [1.82, 2.24) is 9.38 Å². The summed E-state index contributed by atoms with van der Waals surface area (Å²) in [7, 11) is 1.69. The van der Waals surface area contributed by atoms with Gasteiger partial charge >= 0.3 is 0 Å². The van der Waals surface area contributed by atoms with E-state index < -0.39 is 0 Å². The summed E-state index contributed by atoms with van der Waals surface area (Å²) in [6, 6.07) is 12.9. The smallest absolute Gasteiger partial charge is 0.142 e. The highest BCUT2D eigenvalue weighted by atomic mass is 16.5. The van der Waals surface area contributed by atoms with Crippen molar-refractivity contribution in [3.63, 3.8) is 0 Å². The number of methoxy groups -OCH3 is 1. The number of nitrogens with one attached hydrogen (secondary N) is 1. The Morgan fingerprint density at radius 1 is 1.08 bits per heavy atom. The summed E-state index contributed by atoms with van der Waals surface area (Å²) in [6.07, 6.45) is 8.56. The molecule has 25 heavy (non-hydrogen) atoms. The van der Waals surface area contributed by atoms with Gasteiger partial charge in [-0.05, 0) is 55.7 Å². The number of hydrogen-bond acceptors (Lipinski definition) is 3. The van der Waals surface area contributed by atoms with E-state index in [4.69, 9.17) is 9.72 Å². The van der Waals surface area contributed by atoms with E-state index in [0.29, 0.717) is 6.04 Å². The van der Waals surface area contributed by atoms with Crippen molar-refractivity contribution in [2.75, 3.05) is 12.4 Å². The normalized spacial score (nSPS) is 15.4. The summed E-state index contributed by atoms with van der Waals surface area (Å²) in [5, 5.41) is 3.80. The number of anilines is 1. The molecule has 0 atom stereocenters. The van der Waals surface area contributed by atoms with E-state index in [9.17, 15) is 0 Å². The Labute approximate surface area is 148 Å². The molecule has 1 N–H and O–H groups in total. The lowest BCUT2D eigenvalue weighted by molar-refractivity contribution is 0.415. The van der Waals surface area contributed by atoms with Crippen LogP contribution in [-0.2, 0) is 0 Å². The first-order chi connectivity index (χ1) is 12.3. The van der Waals surface area contributed by atoms with Crippen LogP contribution < -0.4 is 10.1 Å². The van der Waals surface area contributed by atoms with Crippen molar-refractivity contribution in [3.8, 4) is 17.0 Å². The van der Waals surface area contributed by atoms with Gasteiger partial charge in [0.25, 0.3) is 0 Å². The van der Waals surface area contributed by atoms with Crippen molar-refractivity contribution in [1.29, 1.82) is 0 Å². The molecule has 1 saturated carbocycles. The third-order valence-corrected chi connectivity index (χ3v) is 5.15. The molecule has 2 heterocycles. The quantitative estimate of drug-likeness (QED) is 0.724. The summed E-state index contributed by atoms with van der Waals surface area (Å²) >= 11 is 0. The van der Waals surface area contributed by atoms with E-state index in [1.807, 2.05) is 12.1 Å². The molecule has 1 aliphatic carbocycles. The number of imidazole rings is 1. The predicted octanol–water partition coefficient (Wildman–Crippen LogP) is 5.06. The molecule has 1 fully saturated rings. The maximum absolute atomic E-state index is 5.29. The average molecular weight is 335 g/mol. The third kappa shape index (κ3) is 3.09. The van der Waals surface area contributed by atoms with Crippen LogP contribution in [-0.4, -0.2) is 22.5 Å². The summed E-state index contributed by atoms with van der Waals surface area (Å²) in [6.45, 7) is 2.12. The number of aromatic nitrogens is 2. The van der Waals surface area contributed by atoms with Crippen LogP contribution in [0.25, 0.3) is 16.9 Å². The fourth-order valence-corrected chi connectivity index (χ4v) is 3.73. The minimum Gasteiger partial charge on any atom is -0.497 e. The van der Waals surface area contributed by atoms with Crippen LogP contribution in [0.15, 0.2) is 42.6 Å². The Bertz CT molecular complexity index is 861. The monoisotopic (exact) mass is 335 g/mol. The van der Waals surface area contributed by atoms with Gasteiger partial charge in [0.05, 0.1) is 7.11 Å². The molecular weight excluding hydrogens is 310 g/mol. The van der Waals surface area contributed by atoms with Crippen LogP contribution in [0.1, 0.15) is 37.7 Å². The molecule has 0 aliphatic heterocycles. The minimum atomic E-state index is 0.533. The van der Waals surface area contributed by atoms with E-state index in [1.54, 1.807) is 7.11 Å². The number of benzene rings is 1. The molecule has 0 radical (unpaired) electrons. The van der Waals surface area contributed by atoms with Crippen LogP contribution in [0.2, 0.25) is 0 Å². The lowest BCUT2D eigenvalue weighted by Crippen LogP contribution is -2.23. The zero-order chi connectivity index (χ0) is 17.2. The Kier molecular flexibility index (Phi) is 4.35. The van der Waals surface area contributed by atoms with Crippen LogP contribution in [0, 0.1) is 6.92 Å². The van der Waals surface area contributed by atoms with Gasteiger partial charge in [-0.2, -0.15) is 0 Å². The molecule has 1 aliphatic rings. The fourth-order valence-electron chi connectivity index (χ4n) is 3.73. The second kappa shape index (κ2) is 6.79. The number of pyridine rings is 1. The molecule has 0 amide bonds. The second-order valence-electron chi connectivity index (χ2n) is 6.90. The van der Waals surface area contributed by atoms with Gasteiger partial charge in [-0.15, -0.1) is 0 Å². The molecule has 4 rings (SSSR count). The molecule has 0 bridgehead atoms. The van der Waals surface area contributed by atoms with Crippen LogP contribution in [0.3, 0.4) is 0 Å². The fraction of sp³-hybridized carbons (Fsp3) is 0.381. The van der Waals surface area contributed by atoms with Crippen molar-refractivity contribution in [3.05, 3.63) is 48.2 Å². The van der Waals surface area contributed by atoms with Gasteiger partial charge < -0.3 is 10.1 Å². The number of hydrogen-bond donors (Lipinski definition) is 1. The Hall–Kier alpha value is -2.49. The minimum absolute atomic E-state index is 0.533. The second-order valence-corrected chi connectivity index (χ2v) is 6.90. The van der Waals surface area contributed by atoms with Gasteiger partial charge in [0.2, 0.25) is 0 Å². The van der Waals surface area contributed by atoms with Crippen molar-refractivity contribution >= 4 is 11.5 Å². The molecule has 4 heteroatoms. The molecule has 3 aromatic rings. The van der Waals surface area contributed by atoms with Gasteiger partial charge in [0.15, 0.2) is 0 Å². The molecule has 2 aromatic heterocycles. The SMILES string of the molecule is COc1ccc(-c2nc3c(C)cccn3c2NC2CCCCC2)cc1. The highest BCUT2D eigenvalue weighted by Crippen LogP contribution is 2.33. The first-order valence-electron chi connectivity index (χ1n) is 9.15. The van der Waals surface area contributed by atoms with Crippen molar-refractivity contribution in [2.45, 2.75) is 45.1 Å². The lowest BCUT2D eigenvalue weighted by atomic mass is 9.95. The van der Waals surface area contributed by atoms with Crippen LogP contribution >= 0.6 is 0 Å². The molecule has 0 spiro atoms. The van der Waals surface area contributed by atoms with Gasteiger partial charge in [-0.3, -0.25) is 4.40 Å². The number of fused-ring (bicyclic) bond motifs is 1. The van der Waals surface area contributed by atoms with E-state index in [-0.39, 0.29) is 0 Å². The van der Waals surface area contributed by atoms with E-state index >= 15 is 0 Å². The standard InChI is InChI=1S/C21H25N3O/c1-15-7-6-14-24-20(15)23-19(16-10-12-18(25-2)13-11-16)21(24)22-17-8-4-3-5-9-17/h6-7,10-14,17,22H,3-5,8-9H2,1-2H3. The lowest BCUT2D eigenvalue weighted by Gasteiger charge is -2.24. The summed E-state index contributed by atoms with van der Waals surface area (Å²) < 4.78 is 7.49. The largest absolute Gasteiger partial charge is 0.497 e. The Morgan fingerprint density at radius 2 is 1.84 bits per heavy atom. The average Bonchev–Trinajstić information content (AvgIpc) is 3.03. The first kappa shape index (κ1) is 16.0. The summed E-state index contributed by atoms with van der Waals surface area (Å²) in [5.41, 5.74) is 4.34. The van der Waals surface area contributed by atoms with E-state index in [0.717, 1.165) is 28.5 Å². The highest BCUT2D eigenvalue weighted by molar-refractivity contribution is 5.77. The maximum Gasteiger partial charge on any atom is 0.142 e. The number of rotatable bonds is 4. The van der Waals surface area contributed by atoms with Gasteiger partial charge in [-0.1, -0.05) is 25.3 Å². The van der Waals surface area contributed by atoms with Crippen molar-refractivity contribution in [2.24, 2.45) is 0 Å². The Balaban J connectivity index is 1.80. The van der Waals surface area contributed by atoms with Crippen molar-refractivity contribution < 1.29 is 4.74 Å². The van der Waals surface area contributed by atoms with Gasteiger partial charge in [-0.25, -0.2) is 4.98 Å². The topological polar surface area (TPSA) is 38.6 Å². The third-order valence-electron chi connectivity index (χ3n) is 5.15. The number of ether oxygens (including phenoxy) is 1. The number of aryl methyl sites for hydroxylation is 1. The molecular formula is C21H25N3O. The predicted molar refractivity (Wildman–Crippen MR) is 102 cm³/mol. The summed E-state index contributed by atoms with van der Waals surface area (Å²) in [5.74, 6) is 1.97. The van der Waals surface area contributed by atoms with E-state index in [2.05, 4.69) is 47.1 Å². The number of nitrogens with zero attached hydrogens (tertiary/aromatic N) is 2. The highest BCUT2D eigenvalue weighted by Gasteiger charge is 2.20.